The van der Waals surface area contributed by atoms with E-state index in [-0.39, 0.29) is 35.1 Å². The molecule has 0 spiro atoms. The molecular formula is C18H26N2O4. The Labute approximate surface area is 142 Å². The molecule has 0 bridgehead atoms. The van der Waals surface area contributed by atoms with E-state index in [1.165, 1.54) is 0 Å². The predicted molar refractivity (Wildman–Crippen MR) is 90.3 cm³/mol. The van der Waals surface area contributed by atoms with Crippen molar-refractivity contribution in [2.45, 2.75) is 45.9 Å². The van der Waals surface area contributed by atoms with Gasteiger partial charge in [-0.05, 0) is 38.8 Å². The van der Waals surface area contributed by atoms with E-state index >= 15 is 0 Å². The summed E-state index contributed by atoms with van der Waals surface area (Å²) in [7, 11) is 1.66. The first-order chi connectivity index (χ1) is 11.5. The number of nitrogens with one attached hydrogen (secondary N) is 1. The summed E-state index contributed by atoms with van der Waals surface area (Å²) in [5.41, 5.74) is 1.64. The molecule has 2 aliphatic rings. The summed E-state index contributed by atoms with van der Waals surface area (Å²) in [5.74, 6) is 0.204. The van der Waals surface area contributed by atoms with Crippen LogP contribution in [0.2, 0.25) is 0 Å². The number of fused-ring (bicyclic) bond motifs is 1. The fourth-order valence-corrected chi connectivity index (χ4v) is 4.25. The Bertz CT molecular complexity index is 697. The third kappa shape index (κ3) is 2.67. The van der Waals surface area contributed by atoms with Crippen LogP contribution in [-0.2, 0) is 16.0 Å². The quantitative estimate of drug-likeness (QED) is 0.880. The predicted octanol–water partition coefficient (Wildman–Crippen LogP) is 1.26. The Morgan fingerprint density at radius 1 is 1.46 bits per heavy atom. The molecule has 4 atom stereocenters. The topological polar surface area (TPSA) is 69.6 Å². The fraction of sp³-hybridized carbons (Fsp3) is 0.667. The zero-order valence-electron chi connectivity index (χ0n) is 14.8. The lowest BCUT2D eigenvalue weighted by Crippen LogP contribution is -2.63. The zero-order valence-corrected chi connectivity index (χ0v) is 14.8. The van der Waals surface area contributed by atoms with E-state index in [0.717, 1.165) is 24.3 Å². The van der Waals surface area contributed by atoms with E-state index in [1.807, 2.05) is 26.8 Å². The second-order valence-corrected chi connectivity index (χ2v) is 6.80. The maximum Gasteiger partial charge on any atom is 0.263 e. The standard InChI is InChI=1S/C18H26N2O4/c1-5-20-11(3)8-10(2)14(18(20)22)17(21)19-15-12-6-7-24-16(12)13(15)9-23-4/h8,12-13,15-16H,5-7,9H2,1-4H3,(H,19,21). The van der Waals surface area contributed by atoms with E-state index in [2.05, 4.69) is 5.32 Å². The lowest BCUT2D eigenvalue weighted by atomic mass is 9.67. The Hall–Kier alpha value is -1.66. The first-order valence-electron chi connectivity index (χ1n) is 8.62. The third-order valence-corrected chi connectivity index (χ3v) is 5.43. The van der Waals surface area contributed by atoms with Gasteiger partial charge >= 0.3 is 0 Å². The summed E-state index contributed by atoms with van der Waals surface area (Å²) < 4.78 is 12.6. The number of amides is 1. The van der Waals surface area contributed by atoms with Crippen LogP contribution in [0.5, 0.6) is 0 Å². The van der Waals surface area contributed by atoms with Crippen LogP contribution >= 0.6 is 0 Å². The maximum atomic E-state index is 12.8. The van der Waals surface area contributed by atoms with Gasteiger partial charge in [0.25, 0.3) is 11.5 Å². The summed E-state index contributed by atoms with van der Waals surface area (Å²) in [6.45, 7) is 7.46. The number of methoxy groups -OCH3 is 1. The normalized spacial score (nSPS) is 28.3. The Morgan fingerprint density at radius 3 is 2.88 bits per heavy atom. The minimum atomic E-state index is -0.281. The number of hydrogen-bond donors (Lipinski definition) is 1. The highest BCUT2D eigenvalue weighted by atomic mass is 16.5. The SMILES string of the molecule is CCn1c(C)cc(C)c(C(=O)NC2C3CCOC3C2COC)c1=O. The molecule has 6 nitrogen and oxygen atoms in total. The van der Waals surface area contributed by atoms with Crippen molar-refractivity contribution in [2.75, 3.05) is 20.3 Å². The minimum absolute atomic E-state index is 0.0140. The Balaban J connectivity index is 1.84. The Kier molecular flexibility index (Phi) is 4.78. The number of ether oxygens (including phenoxy) is 2. The highest BCUT2D eigenvalue weighted by Crippen LogP contribution is 2.43. The van der Waals surface area contributed by atoms with Gasteiger partial charge in [-0.3, -0.25) is 9.59 Å². The second kappa shape index (κ2) is 6.69. The first kappa shape index (κ1) is 17.2. The van der Waals surface area contributed by atoms with Gasteiger partial charge in [-0.25, -0.2) is 0 Å². The van der Waals surface area contributed by atoms with Crippen LogP contribution in [0.1, 0.15) is 35.0 Å². The molecule has 1 N–H and O–H groups in total. The molecule has 3 rings (SSSR count). The summed E-state index contributed by atoms with van der Waals surface area (Å²) >= 11 is 0. The first-order valence-corrected chi connectivity index (χ1v) is 8.62. The molecule has 132 valence electrons. The van der Waals surface area contributed by atoms with Crippen molar-refractivity contribution in [1.29, 1.82) is 0 Å². The average Bonchev–Trinajstić information content (AvgIpc) is 2.94. The number of pyridine rings is 1. The van der Waals surface area contributed by atoms with Crippen molar-refractivity contribution in [3.63, 3.8) is 0 Å². The largest absolute Gasteiger partial charge is 0.384 e. The van der Waals surface area contributed by atoms with Crippen LogP contribution in [0, 0.1) is 25.7 Å². The molecule has 4 unspecified atom stereocenters. The van der Waals surface area contributed by atoms with Gasteiger partial charge in [0.05, 0.1) is 12.7 Å². The molecule has 2 heterocycles. The van der Waals surface area contributed by atoms with Gasteiger partial charge in [-0.1, -0.05) is 0 Å². The van der Waals surface area contributed by atoms with Gasteiger partial charge in [-0.15, -0.1) is 0 Å². The van der Waals surface area contributed by atoms with Crippen molar-refractivity contribution in [1.82, 2.24) is 9.88 Å². The third-order valence-electron chi connectivity index (χ3n) is 5.43. The van der Waals surface area contributed by atoms with Gasteiger partial charge in [0.1, 0.15) is 5.56 Å². The monoisotopic (exact) mass is 334 g/mol. The van der Waals surface area contributed by atoms with Crippen LogP contribution in [-0.4, -0.2) is 42.9 Å². The summed E-state index contributed by atoms with van der Waals surface area (Å²) in [6, 6.07) is 1.91. The summed E-state index contributed by atoms with van der Waals surface area (Å²) in [5, 5.41) is 3.08. The molecule has 1 aromatic rings. The van der Waals surface area contributed by atoms with E-state index in [1.54, 1.807) is 11.7 Å². The number of hydrogen-bond acceptors (Lipinski definition) is 4. The van der Waals surface area contributed by atoms with E-state index in [0.29, 0.717) is 19.1 Å². The van der Waals surface area contributed by atoms with Gasteiger partial charge in [0.15, 0.2) is 0 Å². The van der Waals surface area contributed by atoms with Gasteiger partial charge < -0.3 is 19.4 Å². The molecule has 1 aromatic heterocycles. The lowest BCUT2D eigenvalue weighted by Gasteiger charge is -2.47. The molecule has 6 heteroatoms. The highest BCUT2D eigenvalue weighted by molar-refractivity contribution is 5.95. The molecule has 0 aromatic carbocycles. The van der Waals surface area contributed by atoms with Gasteiger partial charge in [0, 0.05) is 43.8 Å². The van der Waals surface area contributed by atoms with Crippen LogP contribution in [0.15, 0.2) is 10.9 Å². The lowest BCUT2D eigenvalue weighted by molar-refractivity contribution is -0.0809. The van der Waals surface area contributed by atoms with Crippen LogP contribution in [0.25, 0.3) is 0 Å². The summed E-state index contributed by atoms with van der Waals surface area (Å²) in [4.78, 5) is 25.5. The number of aromatic nitrogens is 1. The van der Waals surface area contributed by atoms with Crippen molar-refractivity contribution in [3.8, 4) is 0 Å². The van der Waals surface area contributed by atoms with Gasteiger partial charge in [0.2, 0.25) is 0 Å². The number of aryl methyl sites for hydroxylation is 2. The number of carbonyl (C=O) groups excluding carboxylic acids is 1. The van der Waals surface area contributed by atoms with E-state index < -0.39 is 0 Å². The molecule has 2 fully saturated rings. The molecule has 1 saturated carbocycles. The average molecular weight is 334 g/mol. The number of nitrogens with zero attached hydrogens (tertiary/aromatic N) is 1. The number of rotatable bonds is 5. The van der Waals surface area contributed by atoms with Crippen molar-refractivity contribution in [2.24, 2.45) is 11.8 Å². The van der Waals surface area contributed by atoms with Gasteiger partial charge in [-0.2, -0.15) is 0 Å². The smallest absolute Gasteiger partial charge is 0.263 e. The molecule has 24 heavy (non-hydrogen) atoms. The molecular weight excluding hydrogens is 308 g/mol. The van der Waals surface area contributed by atoms with E-state index in [9.17, 15) is 9.59 Å². The van der Waals surface area contributed by atoms with Crippen LogP contribution in [0.4, 0.5) is 0 Å². The highest BCUT2D eigenvalue weighted by Gasteiger charge is 2.54. The summed E-state index contributed by atoms with van der Waals surface area (Å²) in [6.07, 6.45) is 1.11. The number of carbonyl (C=O) groups is 1. The van der Waals surface area contributed by atoms with Crippen molar-refractivity contribution < 1.29 is 14.3 Å². The molecule has 1 saturated heterocycles. The van der Waals surface area contributed by atoms with Crippen molar-refractivity contribution in [3.05, 3.63) is 33.2 Å². The minimum Gasteiger partial charge on any atom is -0.384 e. The molecule has 1 aliphatic heterocycles. The van der Waals surface area contributed by atoms with Crippen LogP contribution < -0.4 is 10.9 Å². The Morgan fingerprint density at radius 2 is 2.21 bits per heavy atom. The van der Waals surface area contributed by atoms with E-state index in [4.69, 9.17) is 9.47 Å². The molecule has 0 radical (unpaired) electrons. The molecule has 1 aliphatic carbocycles. The van der Waals surface area contributed by atoms with Crippen molar-refractivity contribution >= 4 is 5.91 Å². The molecule has 1 amide bonds. The van der Waals surface area contributed by atoms with Crippen LogP contribution in [0.3, 0.4) is 0 Å². The fourth-order valence-electron chi connectivity index (χ4n) is 4.25. The maximum absolute atomic E-state index is 12.8. The second-order valence-electron chi connectivity index (χ2n) is 6.80. The zero-order chi connectivity index (χ0) is 17.4.